The molecule has 0 spiro atoms. The first kappa shape index (κ1) is 18.0. The Hall–Kier alpha value is -1.30. The number of carbonyl (C=O) groups excluding carboxylic acids is 1. The summed E-state index contributed by atoms with van der Waals surface area (Å²) in [6, 6.07) is 6.76. The Labute approximate surface area is 142 Å². The minimum Gasteiger partial charge on any atom is -0.387 e. The number of ether oxygens (including phenoxy) is 1. The van der Waals surface area contributed by atoms with Crippen molar-refractivity contribution in [2.45, 2.75) is 44.3 Å². The summed E-state index contributed by atoms with van der Waals surface area (Å²) in [5.74, 6) is 0. The van der Waals surface area contributed by atoms with Crippen molar-refractivity contribution in [2.75, 3.05) is 19.7 Å². The first-order valence-electron chi connectivity index (χ1n) is 8.22. The fourth-order valence-corrected chi connectivity index (χ4v) is 2.95. The van der Waals surface area contributed by atoms with Crippen LogP contribution in [0.5, 0.6) is 0 Å². The van der Waals surface area contributed by atoms with Crippen LogP contribution in [0.2, 0.25) is 5.02 Å². The second-order valence-electron chi connectivity index (χ2n) is 5.80. The second kappa shape index (κ2) is 9.75. The van der Waals surface area contributed by atoms with E-state index in [0.29, 0.717) is 29.8 Å². The zero-order chi connectivity index (χ0) is 16.5. The molecule has 0 radical (unpaired) electrons. The maximum atomic E-state index is 11.7. The molecule has 1 aromatic rings. The summed E-state index contributed by atoms with van der Waals surface area (Å²) in [5, 5.41) is 15.9. The molecule has 0 aromatic heterocycles. The van der Waals surface area contributed by atoms with Gasteiger partial charge in [0.2, 0.25) is 0 Å². The summed E-state index contributed by atoms with van der Waals surface area (Å²) in [7, 11) is 0. The van der Waals surface area contributed by atoms with E-state index < -0.39 is 6.10 Å². The number of amides is 2. The lowest BCUT2D eigenvalue weighted by atomic mass is 10.1. The molecule has 3 N–H and O–H groups in total. The van der Waals surface area contributed by atoms with Crippen LogP contribution < -0.4 is 10.6 Å². The summed E-state index contributed by atoms with van der Waals surface area (Å²) in [6.07, 6.45) is 5.23. The number of aliphatic hydroxyl groups is 1. The molecule has 1 unspecified atom stereocenters. The van der Waals surface area contributed by atoms with Crippen LogP contribution in [0.4, 0.5) is 4.79 Å². The number of benzene rings is 1. The highest BCUT2D eigenvalue weighted by Gasteiger charge is 2.15. The maximum absolute atomic E-state index is 11.7. The molecule has 1 aliphatic rings. The predicted molar refractivity (Wildman–Crippen MR) is 90.6 cm³/mol. The van der Waals surface area contributed by atoms with Crippen LogP contribution in [0, 0.1) is 0 Å². The molecular formula is C17H25ClN2O3. The predicted octanol–water partition coefficient (Wildman–Crippen LogP) is 3.02. The first-order chi connectivity index (χ1) is 11.2. The number of carbonyl (C=O) groups is 1. The minimum atomic E-state index is -0.819. The SMILES string of the molecule is O=C(NCCCOC1CCCC1)NCC(O)c1ccccc1Cl. The highest BCUT2D eigenvalue weighted by Crippen LogP contribution is 2.22. The largest absolute Gasteiger partial charge is 0.387 e. The molecule has 0 heterocycles. The van der Waals surface area contributed by atoms with E-state index in [9.17, 15) is 9.90 Å². The van der Waals surface area contributed by atoms with Crippen molar-refractivity contribution >= 4 is 17.6 Å². The number of nitrogens with one attached hydrogen (secondary N) is 2. The molecule has 0 aliphatic heterocycles. The molecule has 0 saturated heterocycles. The van der Waals surface area contributed by atoms with Gasteiger partial charge < -0.3 is 20.5 Å². The summed E-state index contributed by atoms with van der Waals surface area (Å²) >= 11 is 6.00. The van der Waals surface area contributed by atoms with Gasteiger partial charge in [-0.05, 0) is 25.3 Å². The monoisotopic (exact) mass is 340 g/mol. The normalized spacial score (nSPS) is 16.3. The Morgan fingerprint density at radius 2 is 2.04 bits per heavy atom. The molecular weight excluding hydrogens is 316 g/mol. The van der Waals surface area contributed by atoms with Crippen LogP contribution in [0.25, 0.3) is 0 Å². The van der Waals surface area contributed by atoms with Gasteiger partial charge in [-0.3, -0.25) is 0 Å². The van der Waals surface area contributed by atoms with E-state index in [-0.39, 0.29) is 12.6 Å². The standard InChI is InChI=1S/C17H25ClN2O3/c18-15-9-4-3-8-14(15)16(21)12-20-17(22)19-10-5-11-23-13-6-1-2-7-13/h3-4,8-9,13,16,21H,1-2,5-7,10-12H2,(H2,19,20,22). The van der Waals surface area contributed by atoms with E-state index in [1.807, 2.05) is 0 Å². The number of rotatable bonds is 8. The van der Waals surface area contributed by atoms with E-state index >= 15 is 0 Å². The molecule has 2 rings (SSSR count). The lowest BCUT2D eigenvalue weighted by Crippen LogP contribution is -2.38. The third-order valence-electron chi connectivity index (χ3n) is 3.98. The van der Waals surface area contributed by atoms with Crippen LogP contribution in [-0.2, 0) is 4.74 Å². The number of halogens is 1. The third kappa shape index (κ3) is 6.37. The Morgan fingerprint density at radius 1 is 1.30 bits per heavy atom. The van der Waals surface area contributed by atoms with Gasteiger partial charge in [0.15, 0.2) is 0 Å². The molecule has 6 heteroatoms. The Morgan fingerprint density at radius 3 is 2.78 bits per heavy atom. The Bertz CT molecular complexity index is 492. The highest BCUT2D eigenvalue weighted by atomic mass is 35.5. The second-order valence-corrected chi connectivity index (χ2v) is 6.21. The van der Waals surface area contributed by atoms with Crippen LogP contribution in [0.1, 0.15) is 43.8 Å². The molecule has 128 valence electrons. The van der Waals surface area contributed by atoms with Crippen molar-refractivity contribution in [1.29, 1.82) is 0 Å². The van der Waals surface area contributed by atoms with Crippen molar-refractivity contribution in [3.8, 4) is 0 Å². The molecule has 1 aromatic carbocycles. The average molecular weight is 341 g/mol. The first-order valence-corrected chi connectivity index (χ1v) is 8.60. The van der Waals surface area contributed by atoms with Crippen molar-refractivity contribution in [2.24, 2.45) is 0 Å². The van der Waals surface area contributed by atoms with Crippen LogP contribution >= 0.6 is 11.6 Å². The van der Waals surface area contributed by atoms with Gasteiger partial charge in [0.1, 0.15) is 0 Å². The highest BCUT2D eigenvalue weighted by molar-refractivity contribution is 6.31. The lowest BCUT2D eigenvalue weighted by Gasteiger charge is -2.14. The summed E-state index contributed by atoms with van der Waals surface area (Å²) in [5.41, 5.74) is 0.611. The maximum Gasteiger partial charge on any atom is 0.314 e. The van der Waals surface area contributed by atoms with Gasteiger partial charge >= 0.3 is 6.03 Å². The van der Waals surface area contributed by atoms with Crippen molar-refractivity contribution in [1.82, 2.24) is 10.6 Å². The Kier molecular flexibility index (Phi) is 7.65. The van der Waals surface area contributed by atoms with Crippen molar-refractivity contribution in [3.05, 3.63) is 34.9 Å². The van der Waals surface area contributed by atoms with Crippen LogP contribution in [0.3, 0.4) is 0 Å². The zero-order valence-electron chi connectivity index (χ0n) is 13.3. The van der Waals surface area contributed by atoms with Gasteiger partial charge in [0, 0.05) is 30.3 Å². The topological polar surface area (TPSA) is 70.6 Å². The molecule has 1 aliphatic carbocycles. The molecule has 0 bridgehead atoms. The number of aliphatic hydroxyl groups excluding tert-OH is 1. The van der Waals surface area contributed by atoms with Gasteiger partial charge in [-0.15, -0.1) is 0 Å². The minimum absolute atomic E-state index is 0.119. The van der Waals surface area contributed by atoms with E-state index in [2.05, 4.69) is 10.6 Å². The lowest BCUT2D eigenvalue weighted by molar-refractivity contribution is 0.0571. The summed E-state index contributed by atoms with van der Waals surface area (Å²) in [6.45, 7) is 1.35. The van der Waals surface area contributed by atoms with Crippen molar-refractivity contribution in [3.63, 3.8) is 0 Å². The van der Waals surface area contributed by atoms with Crippen molar-refractivity contribution < 1.29 is 14.6 Å². The smallest absolute Gasteiger partial charge is 0.314 e. The molecule has 2 amide bonds. The summed E-state index contributed by atoms with van der Waals surface area (Å²) in [4.78, 5) is 11.7. The molecule has 1 fully saturated rings. The quantitative estimate of drug-likeness (QED) is 0.637. The number of urea groups is 1. The van der Waals surface area contributed by atoms with Crippen LogP contribution in [-0.4, -0.2) is 36.9 Å². The molecule has 23 heavy (non-hydrogen) atoms. The molecule has 1 saturated carbocycles. The fraction of sp³-hybridized carbons (Fsp3) is 0.588. The fourth-order valence-electron chi connectivity index (χ4n) is 2.69. The third-order valence-corrected chi connectivity index (χ3v) is 4.33. The van der Waals surface area contributed by atoms with Gasteiger partial charge in [-0.25, -0.2) is 4.79 Å². The van der Waals surface area contributed by atoms with E-state index in [4.69, 9.17) is 16.3 Å². The van der Waals surface area contributed by atoms with E-state index in [0.717, 1.165) is 19.3 Å². The Balaban J connectivity index is 1.55. The number of hydrogen-bond donors (Lipinski definition) is 3. The average Bonchev–Trinajstić information content (AvgIpc) is 3.06. The van der Waals surface area contributed by atoms with Gasteiger partial charge in [-0.2, -0.15) is 0 Å². The zero-order valence-corrected chi connectivity index (χ0v) is 14.0. The van der Waals surface area contributed by atoms with E-state index in [1.54, 1.807) is 24.3 Å². The van der Waals surface area contributed by atoms with Gasteiger partial charge in [0.25, 0.3) is 0 Å². The molecule has 5 nitrogen and oxygen atoms in total. The van der Waals surface area contributed by atoms with Gasteiger partial charge in [-0.1, -0.05) is 42.6 Å². The van der Waals surface area contributed by atoms with E-state index in [1.165, 1.54) is 12.8 Å². The summed E-state index contributed by atoms with van der Waals surface area (Å²) < 4.78 is 5.73. The van der Waals surface area contributed by atoms with Gasteiger partial charge in [0.05, 0.1) is 12.2 Å². The van der Waals surface area contributed by atoms with Crippen LogP contribution in [0.15, 0.2) is 24.3 Å². The molecule has 1 atom stereocenters. The number of hydrogen-bond acceptors (Lipinski definition) is 3.